The Morgan fingerprint density at radius 1 is 1.53 bits per heavy atom. The maximum Gasteiger partial charge on any atom is 0.357 e. The first-order valence-corrected chi connectivity index (χ1v) is 6.06. The lowest BCUT2D eigenvalue weighted by Gasteiger charge is -2.07. The largest absolute Gasteiger partial charge is 0.461 e. The average molecular weight is 283 g/mol. The lowest BCUT2D eigenvalue weighted by Crippen LogP contribution is -2.11. The minimum atomic E-state index is -0.559. The number of aromatic nitrogens is 2. The second kappa shape index (κ2) is 5.40. The van der Waals surface area contributed by atoms with E-state index in [-0.39, 0.29) is 28.6 Å². The van der Waals surface area contributed by atoms with Crippen LogP contribution in [-0.4, -0.2) is 22.1 Å². The Morgan fingerprint density at radius 2 is 2.26 bits per heavy atom. The van der Waals surface area contributed by atoms with Gasteiger partial charge in [0.1, 0.15) is 11.5 Å². The highest BCUT2D eigenvalue weighted by atomic mass is 35.5. The third-order valence-electron chi connectivity index (χ3n) is 2.61. The first-order valence-electron chi connectivity index (χ1n) is 5.69. The van der Waals surface area contributed by atoms with Crippen LogP contribution < -0.4 is 0 Å². The van der Waals surface area contributed by atoms with Gasteiger partial charge in [-0.15, -0.1) is 0 Å². The van der Waals surface area contributed by atoms with E-state index in [1.807, 2.05) is 0 Å². The molecular weight excluding hydrogens is 271 g/mol. The van der Waals surface area contributed by atoms with Crippen LogP contribution in [0.3, 0.4) is 0 Å². The monoisotopic (exact) mass is 282 g/mol. The third kappa shape index (κ3) is 2.46. The Morgan fingerprint density at radius 3 is 2.89 bits per heavy atom. The van der Waals surface area contributed by atoms with Crippen molar-refractivity contribution in [1.82, 2.24) is 9.55 Å². The number of nitrogens with zero attached hydrogens (tertiary/aromatic N) is 2. The maximum absolute atomic E-state index is 13.9. The van der Waals surface area contributed by atoms with E-state index >= 15 is 0 Å². The molecule has 0 bridgehead atoms. The molecule has 0 radical (unpaired) electrons. The Kier molecular flexibility index (Phi) is 3.85. The molecule has 2 aromatic rings. The topological polar surface area (TPSA) is 44.1 Å². The predicted molar refractivity (Wildman–Crippen MR) is 69.6 cm³/mol. The van der Waals surface area contributed by atoms with Gasteiger partial charge >= 0.3 is 5.97 Å². The zero-order valence-corrected chi connectivity index (χ0v) is 11.2. The predicted octanol–water partition coefficient (Wildman–Crippen LogP) is 3.06. The number of imidazole rings is 1. The first-order chi connectivity index (χ1) is 9.06. The number of aryl methyl sites for hydroxylation is 1. The van der Waals surface area contributed by atoms with Crippen molar-refractivity contribution in [2.75, 3.05) is 6.61 Å². The first kappa shape index (κ1) is 13.5. The van der Waals surface area contributed by atoms with Crippen LogP contribution in [0.1, 0.15) is 17.4 Å². The molecule has 1 heterocycles. The minimum Gasteiger partial charge on any atom is -0.461 e. The third-order valence-corrected chi connectivity index (χ3v) is 2.92. The van der Waals surface area contributed by atoms with Crippen molar-refractivity contribution < 1.29 is 13.9 Å². The van der Waals surface area contributed by atoms with Gasteiger partial charge in [-0.25, -0.2) is 14.2 Å². The van der Waals surface area contributed by atoms with Crippen molar-refractivity contribution in [2.45, 2.75) is 6.92 Å². The average Bonchev–Trinajstić information content (AvgIpc) is 2.71. The highest BCUT2D eigenvalue weighted by molar-refractivity contribution is 6.33. The van der Waals surface area contributed by atoms with Crippen LogP contribution in [0.5, 0.6) is 0 Å². The molecule has 0 saturated carbocycles. The fraction of sp³-hybridized carbons (Fsp3) is 0.231. The van der Waals surface area contributed by atoms with Crippen molar-refractivity contribution >= 4 is 17.6 Å². The van der Waals surface area contributed by atoms with Crippen LogP contribution in [0.2, 0.25) is 5.02 Å². The number of carbonyl (C=O) groups excluding carboxylic acids is 1. The number of halogens is 2. The van der Waals surface area contributed by atoms with Crippen molar-refractivity contribution in [2.24, 2.45) is 7.05 Å². The smallest absolute Gasteiger partial charge is 0.357 e. The van der Waals surface area contributed by atoms with Crippen molar-refractivity contribution in [3.63, 3.8) is 0 Å². The van der Waals surface area contributed by atoms with Crippen LogP contribution in [0.4, 0.5) is 4.39 Å². The second-order valence-corrected chi connectivity index (χ2v) is 4.28. The Hall–Kier alpha value is -1.88. The van der Waals surface area contributed by atoms with E-state index in [2.05, 4.69) is 4.98 Å². The second-order valence-electron chi connectivity index (χ2n) is 3.87. The number of hydrogen-bond acceptors (Lipinski definition) is 3. The molecule has 0 saturated heterocycles. The maximum atomic E-state index is 13.9. The van der Waals surface area contributed by atoms with E-state index in [1.54, 1.807) is 20.0 Å². The summed E-state index contributed by atoms with van der Waals surface area (Å²) in [5.74, 6) is -1.09. The van der Waals surface area contributed by atoms with E-state index in [4.69, 9.17) is 16.3 Å². The minimum absolute atomic E-state index is 0.104. The molecule has 1 aromatic carbocycles. The summed E-state index contributed by atoms with van der Waals surface area (Å²) in [6.07, 6.45) is 1.42. The molecule has 100 valence electrons. The van der Waals surface area contributed by atoms with E-state index < -0.39 is 11.8 Å². The Balaban J connectivity index is 2.61. The van der Waals surface area contributed by atoms with Gasteiger partial charge in [0.25, 0.3) is 0 Å². The van der Waals surface area contributed by atoms with Gasteiger partial charge in [0.15, 0.2) is 5.69 Å². The standard InChI is InChI=1S/C13H12ClFN2O2/c1-3-19-13(18)12-11(16-7-17(12)2)10-8(14)5-4-6-9(10)15/h4-7H,3H2,1-2H3. The molecule has 0 N–H and O–H groups in total. The summed E-state index contributed by atoms with van der Waals surface area (Å²) in [6.45, 7) is 1.93. The SMILES string of the molecule is CCOC(=O)c1c(-c2c(F)cccc2Cl)ncn1C. The number of hydrogen-bond donors (Lipinski definition) is 0. The number of carbonyl (C=O) groups is 1. The summed E-state index contributed by atoms with van der Waals surface area (Å²) in [4.78, 5) is 15.9. The lowest BCUT2D eigenvalue weighted by molar-refractivity contribution is 0.0516. The lowest BCUT2D eigenvalue weighted by atomic mass is 10.1. The molecule has 1 aromatic heterocycles. The van der Waals surface area contributed by atoms with Gasteiger partial charge in [0.2, 0.25) is 0 Å². The van der Waals surface area contributed by atoms with Crippen LogP contribution in [-0.2, 0) is 11.8 Å². The van der Waals surface area contributed by atoms with Gasteiger partial charge in [-0.05, 0) is 19.1 Å². The molecule has 0 unspecified atom stereocenters. The fourth-order valence-corrected chi connectivity index (χ4v) is 2.03. The van der Waals surface area contributed by atoms with Gasteiger partial charge in [-0.2, -0.15) is 0 Å². The molecule has 0 amide bonds. The molecule has 0 aliphatic rings. The Bertz CT molecular complexity index is 605. The van der Waals surface area contributed by atoms with Crippen molar-refractivity contribution in [3.8, 4) is 11.3 Å². The molecule has 0 atom stereocenters. The van der Waals surface area contributed by atoms with Gasteiger partial charge in [0, 0.05) is 7.05 Å². The molecular formula is C13H12ClFN2O2. The van der Waals surface area contributed by atoms with Crippen LogP contribution in [0.15, 0.2) is 24.5 Å². The Labute approximate surface area is 114 Å². The molecule has 0 aliphatic heterocycles. The molecule has 0 spiro atoms. The van der Waals surface area contributed by atoms with E-state index in [9.17, 15) is 9.18 Å². The van der Waals surface area contributed by atoms with Crippen molar-refractivity contribution in [1.29, 1.82) is 0 Å². The van der Waals surface area contributed by atoms with Gasteiger partial charge < -0.3 is 9.30 Å². The summed E-state index contributed by atoms with van der Waals surface area (Å²) >= 11 is 5.99. The van der Waals surface area contributed by atoms with Crippen LogP contribution >= 0.6 is 11.6 Å². The zero-order chi connectivity index (χ0) is 14.0. The zero-order valence-electron chi connectivity index (χ0n) is 10.5. The summed E-state index contributed by atoms with van der Waals surface area (Å²) in [5, 5.41) is 0.198. The molecule has 2 rings (SSSR count). The summed E-state index contributed by atoms with van der Waals surface area (Å²) in [6, 6.07) is 4.31. The number of ether oxygens (including phenoxy) is 1. The normalized spacial score (nSPS) is 10.5. The summed E-state index contributed by atoms with van der Waals surface area (Å²) in [5.41, 5.74) is 0.464. The van der Waals surface area contributed by atoms with Crippen LogP contribution in [0.25, 0.3) is 11.3 Å². The number of rotatable bonds is 3. The van der Waals surface area contributed by atoms with Gasteiger partial charge in [-0.3, -0.25) is 0 Å². The van der Waals surface area contributed by atoms with Crippen molar-refractivity contribution in [3.05, 3.63) is 41.1 Å². The molecule has 6 heteroatoms. The highest BCUT2D eigenvalue weighted by Gasteiger charge is 2.23. The molecule has 0 fully saturated rings. The quantitative estimate of drug-likeness (QED) is 0.813. The van der Waals surface area contributed by atoms with E-state index in [0.29, 0.717) is 0 Å². The van der Waals surface area contributed by atoms with E-state index in [0.717, 1.165) is 0 Å². The summed E-state index contributed by atoms with van der Waals surface area (Å²) < 4.78 is 20.3. The number of benzene rings is 1. The molecule has 4 nitrogen and oxygen atoms in total. The number of esters is 1. The molecule has 19 heavy (non-hydrogen) atoms. The summed E-state index contributed by atoms with van der Waals surface area (Å²) in [7, 11) is 1.64. The fourth-order valence-electron chi connectivity index (χ4n) is 1.78. The van der Waals surface area contributed by atoms with Gasteiger partial charge in [-0.1, -0.05) is 17.7 Å². The highest BCUT2D eigenvalue weighted by Crippen LogP contribution is 2.31. The van der Waals surface area contributed by atoms with Gasteiger partial charge in [0.05, 0.1) is 23.5 Å². The molecule has 0 aliphatic carbocycles. The van der Waals surface area contributed by atoms with Crippen LogP contribution in [0, 0.1) is 5.82 Å². The van der Waals surface area contributed by atoms with E-state index in [1.165, 1.54) is 23.0 Å².